The van der Waals surface area contributed by atoms with Crippen molar-refractivity contribution in [3.05, 3.63) is 101 Å². The number of aromatic nitrogens is 2. The van der Waals surface area contributed by atoms with Gasteiger partial charge < -0.3 is 9.67 Å². The van der Waals surface area contributed by atoms with Gasteiger partial charge in [0.1, 0.15) is 5.82 Å². The van der Waals surface area contributed by atoms with Gasteiger partial charge in [-0.3, -0.25) is 4.90 Å². The van der Waals surface area contributed by atoms with Gasteiger partial charge in [-0.2, -0.15) is 0 Å². The summed E-state index contributed by atoms with van der Waals surface area (Å²) < 4.78 is 26.2. The fraction of sp³-hybridized carbons (Fsp3) is 0.290. The van der Waals surface area contributed by atoms with Crippen LogP contribution in [0.2, 0.25) is 5.02 Å². The van der Waals surface area contributed by atoms with E-state index in [-0.39, 0.29) is 4.90 Å². The molecular formula is C31H32ClN3O4S. The van der Waals surface area contributed by atoms with Crippen LogP contribution in [0.4, 0.5) is 4.79 Å². The molecule has 0 spiro atoms. The first-order chi connectivity index (χ1) is 18.8. The molecule has 2 heterocycles. The van der Waals surface area contributed by atoms with Crippen molar-refractivity contribution in [2.24, 2.45) is 0 Å². The van der Waals surface area contributed by atoms with Crippen molar-refractivity contribution in [1.29, 1.82) is 0 Å². The molecule has 0 aliphatic carbocycles. The zero-order chi connectivity index (χ0) is 28.9. The number of carboxylic acid groups (broad SMARTS) is 1. The van der Waals surface area contributed by atoms with Crippen LogP contribution in [0, 0.1) is 0 Å². The summed E-state index contributed by atoms with van der Waals surface area (Å²) in [5, 5.41) is 10.6. The Kier molecular flexibility index (Phi) is 7.04. The van der Waals surface area contributed by atoms with Crippen molar-refractivity contribution in [2.45, 2.75) is 49.5 Å². The molecule has 5 rings (SSSR count). The standard InChI is InChI=1S/C31H32ClN3O4S/c1-30(2,25-11-5-6-12-26(25)32)28-33-27(31(3)17-8-18-35(31)29(36)37)20-34(28)23-15-13-21(14-16-23)22-9-7-10-24(19-22)40(4,38)39/h5-7,9-16,19-20H,8,17-18H2,1-4H3,(H,36,37). The van der Waals surface area contributed by atoms with E-state index in [9.17, 15) is 18.3 Å². The number of hydrogen-bond acceptors (Lipinski definition) is 4. The van der Waals surface area contributed by atoms with Gasteiger partial charge in [-0.05, 0) is 80.6 Å². The summed E-state index contributed by atoms with van der Waals surface area (Å²) in [7, 11) is -3.33. The number of imidazole rings is 1. The van der Waals surface area contributed by atoms with E-state index in [4.69, 9.17) is 16.6 Å². The fourth-order valence-corrected chi connectivity index (χ4v) is 6.66. The smallest absolute Gasteiger partial charge is 0.408 e. The summed E-state index contributed by atoms with van der Waals surface area (Å²) in [5.74, 6) is 0.737. The number of nitrogens with zero attached hydrogens (tertiary/aromatic N) is 3. The molecule has 0 radical (unpaired) electrons. The van der Waals surface area contributed by atoms with E-state index in [0.29, 0.717) is 23.7 Å². The van der Waals surface area contributed by atoms with E-state index < -0.39 is 26.9 Å². The molecule has 208 valence electrons. The maximum atomic E-state index is 12.1. The van der Waals surface area contributed by atoms with Crippen LogP contribution in [0.25, 0.3) is 16.8 Å². The third-order valence-electron chi connectivity index (χ3n) is 7.98. The topological polar surface area (TPSA) is 92.5 Å². The third-order valence-corrected chi connectivity index (χ3v) is 9.42. The SMILES string of the molecule is CC(C)(c1ccccc1Cl)c1nc(C2(C)CCCN2C(=O)O)cn1-c1ccc(-c2cccc(S(C)(=O)=O)c2)cc1. The van der Waals surface area contributed by atoms with E-state index in [1.54, 1.807) is 18.2 Å². The van der Waals surface area contributed by atoms with Crippen LogP contribution in [0.5, 0.6) is 0 Å². The van der Waals surface area contributed by atoms with Crippen molar-refractivity contribution < 1.29 is 18.3 Å². The quantitative estimate of drug-likeness (QED) is 0.269. The minimum atomic E-state index is -3.33. The summed E-state index contributed by atoms with van der Waals surface area (Å²) in [6.45, 7) is 6.52. The van der Waals surface area contributed by atoms with Crippen molar-refractivity contribution in [1.82, 2.24) is 14.5 Å². The van der Waals surface area contributed by atoms with E-state index in [0.717, 1.165) is 34.6 Å². The first-order valence-electron chi connectivity index (χ1n) is 13.1. The van der Waals surface area contributed by atoms with Gasteiger partial charge in [0.15, 0.2) is 9.84 Å². The molecule has 1 aliphatic rings. The lowest BCUT2D eigenvalue weighted by atomic mass is 9.83. The Balaban J connectivity index is 1.64. The van der Waals surface area contributed by atoms with E-state index in [1.165, 1.54) is 11.2 Å². The maximum Gasteiger partial charge on any atom is 0.408 e. The minimum absolute atomic E-state index is 0.268. The molecule has 40 heavy (non-hydrogen) atoms. The van der Waals surface area contributed by atoms with E-state index in [1.807, 2.05) is 72.3 Å². The number of rotatable bonds is 6. The second-order valence-electron chi connectivity index (χ2n) is 11.1. The van der Waals surface area contributed by atoms with Gasteiger partial charge in [0.05, 0.1) is 16.1 Å². The Morgan fingerprint density at radius 1 is 1.02 bits per heavy atom. The molecule has 1 atom stereocenters. The van der Waals surface area contributed by atoms with Gasteiger partial charge in [-0.15, -0.1) is 0 Å². The van der Waals surface area contributed by atoms with E-state index in [2.05, 4.69) is 13.8 Å². The van der Waals surface area contributed by atoms with Gasteiger partial charge >= 0.3 is 6.09 Å². The van der Waals surface area contributed by atoms with Gasteiger partial charge in [0.2, 0.25) is 0 Å². The van der Waals surface area contributed by atoms with Crippen LogP contribution in [0.15, 0.2) is 83.9 Å². The predicted molar refractivity (Wildman–Crippen MR) is 157 cm³/mol. The van der Waals surface area contributed by atoms with Crippen LogP contribution in [-0.4, -0.2) is 46.9 Å². The molecule has 4 aromatic rings. The fourth-order valence-electron chi connectivity index (χ4n) is 5.62. The molecule has 1 N–H and O–H groups in total. The van der Waals surface area contributed by atoms with Crippen LogP contribution in [0.1, 0.15) is 50.7 Å². The molecule has 1 aromatic heterocycles. The van der Waals surface area contributed by atoms with E-state index >= 15 is 0 Å². The molecule has 0 saturated carbocycles. The Morgan fingerprint density at radius 3 is 2.38 bits per heavy atom. The minimum Gasteiger partial charge on any atom is -0.465 e. The van der Waals surface area contributed by atoms with Gasteiger partial charge in [0.25, 0.3) is 0 Å². The van der Waals surface area contributed by atoms with Crippen molar-refractivity contribution in [3.8, 4) is 16.8 Å². The van der Waals surface area contributed by atoms with Crippen molar-refractivity contribution >= 4 is 27.5 Å². The van der Waals surface area contributed by atoms with Gasteiger partial charge in [-0.25, -0.2) is 18.2 Å². The highest BCUT2D eigenvalue weighted by atomic mass is 35.5. The van der Waals surface area contributed by atoms with Crippen LogP contribution in [-0.2, 0) is 20.8 Å². The highest BCUT2D eigenvalue weighted by Gasteiger charge is 2.44. The van der Waals surface area contributed by atoms with Crippen LogP contribution >= 0.6 is 11.6 Å². The monoisotopic (exact) mass is 577 g/mol. The molecule has 1 saturated heterocycles. The highest BCUT2D eigenvalue weighted by Crippen LogP contribution is 2.42. The van der Waals surface area contributed by atoms with Gasteiger partial charge in [0, 0.05) is 35.1 Å². The summed E-state index contributed by atoms with van der Waals surface area (Å²) in [6.07, 6.45) is 3.62. The first kappa shape index (κ1) is 27.9. The van der Waals surface area contributed by atoms with Crippen LogP contribution in [0.3, 0.4) is 0 Å². The zero-order valence-corrected chi connectivity index (χ0v) is 24.5. The summed E-state index contributed by atoms with van der Waals surface area (Å²) in [5.41, 5.74) is 2.76. The number of likely N-dealkylation sites (tertiary alicyclic amines) is 1. The lowest BCUT2D eigenvalue weighted by molar-refractivity contribution is 0.107. The number of benzene rings is 3. The molecule has 1 fully saturated rings. The largest absolute Gasteiger partial charge is 0.465 e. The number of halogens is 1. The summed E-state index contributed by atoms with van der Waals surface area (Å²) in [4.78, 5) is 19.0. The molecule has 7 nitrogen and oxygen atoms in total. The zero-order valence-electron chi connectivity index (χ0n) is 22.9. The number of amides is 1. The molecule has 9 heteroatoms. The number of carbonyl (C=O) groups is 1. The maximum absolute atomic E-state index is 12.1. The average molecular weight is 578 g/mol. The normalized spacial score (nSPS) is 17.8. The number of hydrogen-bond donors (Lipinski definition) is 1. The van der Waals surface area contributed by atoms with Crippen molar-refractivity contribution in [2.75, 3.05) is 12.8 Å². The van der Waals surface area contributed by atoms with Gasteiger partial charge in [-0.1, -0.05) is 54.1 Å². The Hall–Kier alpha value is -3.62. The summed E-state index contributed by atoms with van der Waals surface area (Å²) >= 11 is 6.65. The highest BCUT2D eigenvalue weighted by molar-refractivity contribution is 7.90. The van der Waals surface area contributed by atoms with Crippen LogP contribution < -0.4 is 0 Å². The molecular weight excluding hydrogens is 546 g/mol. The molecule has 0 bridgehead atoms. The predicted octanol–water partition coefficient (Wildman–Crippen LogP) is 6.91. The Morgan fingerprint density at radius 2 is 1.73 bits per heavy atom. The third kappa shape index (κ3) is 4.90. The lowest BCUT2D eigenvalue weighted by Crippen LogP contribution is -2.42. The number of sulfone groups is 1. The average Bonchev–Trinajstić information content (AvgIpc) is 3.54. The first-order valence-corrected chi connectivity index (χ1v) is 15.4. The molecule has 1 amide bonds. The summed E-state index contributed by atoms with van der Waals surface area (Å²) in [6, 6.07) is 22.4. The Labute approximate surface area is 240 Å². The second kappa shape index (κ2) is 10.1. The molecule has 1 aliphatic heterocycles. The molecule has 1 unspecified atom stereocenters. The molecule has 3 aromatic carbocycles. The Bertz CT molecular complexity index is 1700. The van der Waals surface area contributed by atoms with Crippen molar-refractivity contribution in [3.63, 3.8) is 0 Å². The lowest BCUT2D eigenvalue weighted by Gasteiger charge is -2.31. The second-order valence-corrected chi connectivity index (χ2v) is 13.5.